The van der Waals surface area contributed by atoms with Gasteiger partial charge >= 0.3 is 0 Å². The monoisotopic (exact) mass is 237 g/mol. The number of ether oxygens (including phenoxy) is 1. The Balaban J connectivity index is 2.46. The van der Waals surface area contributed by atoms with Crippen molar-refractivity contribution in [3.8, 4) is 11.5 Å². The summed E-state index contributed by atoms with van der Waals surface area (Å²) in [6, 6.07) is 6.07. The fourth-order valence-electron chi connectivity index (χ4n) is 1.75. The van der Waals surface area contributed by atoms with E-state index < -0.39 is 0 Å². The molecule has 1 unspecified atom stereocenters. The van der Waals surface area contributed by atoms with Gasteiger partial charge in [-0.2, -0.15) is 0 Å². The van der Waals surface area contributed by atoms with Crippen LogP contribution in [-0.2, 0) is 6.42 Å². The summed E-state index contributed by atoms with van der Waals surface area (Å²) in [5, 5.41) is 13.0. The number of nitrogens with one attached hydrogen (secondary N) is 1. The lowest BCUT2D eigenvalue weighted by molar-refractivity contribution is 0.372. The molecule has 1 atom stereocenters. The van der Waals surface area contributed by atoms with Crippen molar-refractivity contribution in [1.29, 1.82) is 0 Å². The Morgan fingerprint density at radius 3 is 2.82 bits per heavy atom. The number of phenolic OH excluding ortho intramolecular Hbond substituents is 1. The van der Waals surface area contributed by atoms with Gasteiger partial charge in [0.05, 0.1) is 7.11 Å². The first-order valence-corrected chi connectivity index (χ1v) is 6.26. The quantitative estimate of drug-likeness (QED) is 0.766. The zero-order chi connectivity index (χ0) is 12.7. The highest BCUT2D eigenvalue weighted by Crippen LogP contribution is 2.26. The lowest BCUT2D eigenvalue weighted by Crippen LogP contribution is -2.27. The van der Waals surface area contributed by atoms with Crippen LogP contribution in [0.2, 0.25) is 0 Å². The molecule has 3 heteroatoms. The SMILES string of the molecule is CCCNC(C)CCc1ccc(O)c(OC)c1. The topological polar surface area (TPSA) is 41.5 Å². The highest BCUT2D eigenvalue weighted by Gasteiger charge is 2.05. The molecule has 96 valence electrons. The Hall–Kier alpha value is -1.22. The molecule has 0 saturated carbocycles. The Bertz CT molecular complexity index is 339. The molecule has 17 heavy (non-hydrogen) atoms. The molecule has 0 aliphatic rings. The molecule has 0 bridgehead atoms. The van der Waals surface area contributed by atoms with Gasteiger partial charge in [0.15, 0.2) is 11.5 Å². The number of aryl methyl sites for hydroxylation is 1. The molecule has 0 aliphatic heterocycles. The van der Waals surface area contributed by atoms with Crippen molar-refractivity contribution in [2.24, 2.45) is 0 Å². The van der Waals surface area contributed by atoms with E-state index in [1.165, 1.54) is 5.56 Å². The van der Waals surface area contributed by atoms with Crippen molar-refractivity contribution in [3.63, 3.8) is 0 Å². The Labute approximate surface area is 104 Å². The van der Waals surface area contributed by atoms with Gasteiger partial charge in [0, 0.05) is 6.04 Å². The maximum atomic E-state index is 9.49. The van der Waals surface area contributed by atoms with Crippen LogP contribution < -0.4 is 10.1 Å². The predicted molar refractivity (Wildman–Crippen MR) is 70.7 cm³/mol. The van der Waals surface area contributed by atoms with Crippen LogP contribution >= 0.6 is 0 Å². The highest BCUT2D eigenvalue weighted by molar-refractivity contribution is 5.41. The lowest BCUT2D eigenvalue weighted by atomic mass is 10.1. The molecule has 0 aliphatic carbocycles. The summed E-state index contributed by atoms with van der Waals surface area (Å²) in [7, 11) is 1.57. The Morgan fingerprint density at radius 2 is 2.18 bits per heavy atom. The van der Waals surface area contributed by atoms with Crippen molar-refractivity contribution in [2.75, 3.05) is 13.7 Å². The molecule has 0 spiro atoms. The summed E-state index contributed by atoms with van der Waals surface area (Å²) >= 11 is 0. The zero-order valence-electron chi connectivity index (χ0n) is 11.0. The molecule has 0 heterocycles. The van der Waals surface area contributed by atoms with Crippen LogP contribution in [0.25, 0.3) is 0 Å². The molecule has 0 aromatic heterocycles. The number of rotatable bonds is 7. The third-order valence-electron chi connectivity index (χ3n) is 2.85. The van der Waals surface area contributed by atoms with E-state index in [0.29, 0.717) is 11.8 Å². The molecule has 1 aromatic rings. The summed E-state index contributed by atoms with van der Waals surface area (Å²) in [4.78, 5) is 0. The molecule has 2 N–H and O–H groups in total. The molecule has 0 saturated heterocycles. The van der Waals surface area contributed by atoms with Crippen molar-refractivity contribution in [3.05, 3.63) is 23.8 Å². The van der Waals surface area contributed by atoms with Gasteiger partial charge in [0.25, 0.3) is 0 Å². The molecule has 1 aromatic carbocycles. The second-order valence-electron chi connectivity index (χ2n) is 4.40. The number of phenols is 1. The van der Waals surface area contributed by atoms with Crippen LogP contribution in [0.5, 0.6) is 11.5 Å². The van der Waals surface area contributed by atoms with E-state index in [2.05, 4.69) is 19.2 Å². The zero-order valence-corrected chi connectivity index (χ0v) is 11.0. The lowest BCUT2D eigenvalue weighted by Gasteiger charge is -2.13. The molecule has 3 nitrogen and oxygen atoms in total. The summed E-state index contributed by atoms with van der Waals surface area (Å²) in [5.74, 6) is 0.755. The summed E-state index contributed by atoms with van der Waals surface area (Å²) in [6.45, 7) is 5.44. The smallest absolute Gasteiger partial charge is 0.160 e. The van der Waals surface area contributed by atoms with Crippen LogP contribution in [0.4, 0.5) is 0 Å². The van der Waals surface area contributed by atoms with E-state index in [4.69, 9.17) is 4.74 Å². The summed E-state index contributed by atoms with van der Waals surface area (Å²) < 4.78 is 5.09. The van der Waals surface area contributed by atoms with E-state index in [9.17, 15) is 5.11 Å². The number of hydrogen-bond donors (Lipinski definition) is 2. The summed E-state index contributed by atoms with van der Waals surface area (Å²) in [5.41, 5.74) is 1.20. The van der Waals surface area contributed by atoms with E-state index >= 15 is 0 Å². The van der Waals surface area contributed by atoms with Crippen LogP contribution in [0.3, 0.4) is 0 Å². The first kappa shape index (κ1) is 13.8. The van der Waals surface area contributed by atoms with Gasteiger partial charge in [-0.15, -0.1) is 0 Å². The minimum absolute atomic E-state index is 0.202. The van der Waals surface area contributed by atoms with Crippen LogP contribution in [0.1, 0.15) is 32.3 Å². The second kappa shape index (κ2) is 7.17. The fraction of sp³-hybridized carbons (Fsp3) is 0.571. The minimum Gasteiger partial charge on any atom is -0.504 e. The highest BCUT2D eigenvalue weighted by atomic mass is 16.5. The van der Waals surface area contributed by atoms with Gasteiger partial charge in [-0.3, -0.25) is 0 Å². The van der Waals surface area contributed by atoms with Gasteiger partial charge in [-0.05, 0) is 50.4 Å². The van der Waals surface area contributed by atoms with Gasteiger partial charge < -0.3 is 15.2 Å². The first-order valence-electron chi connectivity index (χ1n) is 6.26. The van der Waals surface area contributed by atoms with E-state index in [-0.39, 0.29) is 5.75 Å². The molecule has 0 radical (unpaired) electrons. The number of aromatic hydroxyl groups is 1. The molecule has 0 fully saturated rings. The number of benzene rings is 1. The maximum absolute atomic E-state index is 9.49. The van der Waals surface area contributed by atoms with Crippen LogP contribution in [0.15, 0.2) is 18.2 Å². The average Bonchev–Trinajstić information content (AvgIpc) is 2.35. The van der Waals surface area contributed by atoms with Crippen molar-refractivity contribution in [1.82, 2.24) is 5.32 Å². The third kappa shape index (κ3) is 4.65. The molecule has 1 rings (SSSR count). The molecular formula is C14H23NO2. The largest absolute Gasteiger partial charge is 0.504 e. The minimum atomic E-state index is 0.202. The normalized spacial score (nSPS) is 12.4. The van der Waals surface area contributed by atoms with Crippen LogP contribution in [0, 0.1) is 0 Å². The van der Waals surface area contributed by atoms with Crippen molar-refractivity contribution < 1.29 is 9.84 Å². The van der Waals surface area contributed by atoms with E-state index in [1.807, 2.05) is 12.1 Å². The van der Waals surface area contributed by atoms with Gasteiger partial charge in [-0.25, -0.2) is 0 Å². The number of hydrogen-bond acceptors (Lipinski definition) is 3. The Kier molecular flexibility index (Phi) is 5.84. The molecular weight excluding hydrogens is 214 g/mol. The van der Waals surface area contributed by atoms with Gasteiger partial charge in [-0.1, -0.05) is 13.0 Å². The van der Waals surface area contributed by atoms with E-state index in [0.717, 1.165) is 25.8 Å². The van der Waals surface area contributed by atoms with Gasteiger partial charge in [0.1, 0.15) is 0 Å². The van der Waals surface area contributed by atoms with Crippen LogP contribution in [-0.4, -0.2) is 24.8 Å². The standard InChI is InChI=1S/C14H23NO2/c1-4-9-15-11(2)5-6-12-7-8-13(16)14(10-12)17-3/h7-8,10-11,15-16H,4-6,9H2,1-3H3. The molecule has 0 amide bonds. The summed E-state index contributed by atoms with van der Waals surface area (Å²) in [6.07, 6.45) is 3.25. The average molecular weight is 237 g/mol. The predicted octanol–water partition coefficient (Wildman–Crippen LogP) is 2.72. The fourth-order valence-corrected chi connectivity index (χ4v) is 1.75. The van der Waals surface area contributed by atoms with E-state index in [1.54, 1.807) is 13.2 Å². The maximum Gasteiger partial charge on any atom is 0.160 e. The Morgan fingerprint density at radius 1 is 1.41 bits per heavy atom. The van der Waals surface area contributed by atoms with Crippen molar-refractivity contribution in [2.45, 2.75) is 39.2 Å². The third-order valence-corrected chi connectivity index (χ3v) is 2.85. The first-order chi connectivity index (χ1) is 8.17. The number of methoxy groups -OCH3 is 1. The van der Waals surface area contributed by atoms with Crippen molar-refractivity contribution >= 4 is 0 Å². The van der Waals surface area contributed by atoms with Gasteiger partial charge in [0.2, 0.25) is 0 Å². The second-order valence-corrected chi connectivity index (χ2v) is 4.40.